The molecule has 0 unspecified atom stereocenters. The van der Waals surface area contributed by atoms with Crippen LogP contribution in [0.4, 0.5) is 0 Å². The molecule has 0 saturated heterocycles. The van der Waals surface area contributed by atoms with Gasteiger partial charge in [0.15, 0.2) is 5.78 Å². The maximum absolute atomic E-state index is 11.6. The van der Waals surface area contributed by atoms with Gasteiger partial charge < -0.3 is 0 Å². The second-order valence-electron chi connectivity index (χ2n) is 3.97. The molecule has 0 heterocycles. The molecule has 0 saturated carbocycles. The lowest BCUT2D eigenvalue weighted by molar-refractivity contribution is -0.113. The van der Waals surface area contributed by atoms with Gasteiger partial charge in [0.1, 0.15) is 0 Å². The van der Waals surface area contributed by atoms with Gasteiger partial charge in [-0.05, 0) is 29.3 Å². The summed E-state index contributed by atoms with van der Waals surface area (Å²) in [4.78, 5) is 22.7. The molecule has 0 bridgehead atoms. The lowest BCUT2D eigenvalue weighted by atomic mass is 10.0. The van der Waals surface area contributed by atoms with Crippen molar-refractivity contribution in [1.82, 2.24) is 0 Å². The first-order chi connectivity index (χ1) is 8.58. The molecule has 0 atom stereocenters. The van der Waals surface area contributed by atoms with Crippen molar-refractivity contribution in [3.8, 4) is 11.1 Å². The highest BCUT2D eigenvalue weighted by Gasteiger charge is 2.11. The predicted molar refractivity (Wildman–Crippen MR) is 71.9 cm³/mol. The predicted octanol–water partition coefficient (Wildman–Crippen LogP) is 3.78. The largest absolute Gasteiger partial charge is 0.291 e. The quantitative estimate of drug-likeness (QED) is 0.620. The summed E-state index contributed by atoms with van der Waals surface area (Å²) in [5.74, 6) is -0.922. The fraction of sp³-hybridized carbons (Fsp3) is 0.0667. The van der Waals surface area contributed by atoms with Crippen LogP contribution in [0.1, 0.15) is 17.3 Å². The molecule has 0 aromatic heterocycles. The minimum Gasteiger partial charge on any atom is -0.291 e. The van der Waals surface area contributed by atoms with Crippen molar-refractivity contribution >= 4 is 23.2 Å². The van der Waals surface area contributed by atoms with Crippen molar-refractivity contribution in [2.45, 2.75) is 6.92 Å². The SMILES string of the molecule is CC(=O)C(=O)c1cccc(-c2ccc(Cl)cc2)c1. The van der Waals surface area contributed by atoms with E-state index < -0.39 is 11.6 Å². The number of benzene rings is 2. The second kappa shape index (κ2) is 5.15. The number of rotatable bonds is 3. The van der Waals surface area contributed by atoms with E-state index in [0.29, 0.717) is 10.6 Å². The molecule has 0 amide bonds. The van der Waals surface area contributed by atoms with Crippen LogP contribution in [0.5, 0.6) is 0 Å². The zero-order valence-electron chi connectivity index (χ0n) is 9.81. The van der Waals surface area contributed by atoms with Crippen molar-refractivity contribution < 1.29 is 9.59 Å². The zero-order valence-corrected chi connectivity index (χ0v) is 10.6. The van der Waals surface area contributed by atoms with Crippen molar-refractivity contribution in [3.63, 3.8) is 0 Å². The summed E-state index contributed by atoms with van der Waals surface area (Å²) in [7, 11) is 0. The van der Waals surface area contributed by atoms with Crippen LogP contribution in [0.25, 0.3) is 11.1 Å². The monoisotopic (exact) mass is 258 g/mol. The zero-order chi connectivity index (χ0) is 13.1. The summed E-state index contributed by atoms with van der Waals surface area (Å²) < 4.78 is 0. The number of carbonyl (C=O) groups is 2. The molecule has 90 valence electrons. The molecule has 0 fully saturated rings. The summed E-state index contributed by atoms with van der Waals surface area (Å²) >= 11 is 5.82. The Morgan fingerprint density at radius 1 is 0.944 bits per heavy atom. The number of halogens is 1. The number of hydrogen-bond acceptors (Lipinski definition) is 2. The Bertz CT molecular complexity index is 600. The molecule has 0 aliphatic carbocycles. The highest BCUT2D eigenvalue weighted by Crippen LogP contribution is 2.22. The van der Waals surface area contributed by atoms with Gasteiger partial charge in [0.2, 0.25) is 5.78 Å². The third kappa shape index (κ3) is 2.66. The van der Waals surface area contributed by atoms with E-state index in [2.05, 4.69) is 0 Å². The molecular formula is C15H11ClO2. The van der Waals surface area contributed by atoms with E-state index >= 15 is 0 Å². The van der Waals surface area contributed by atoms with E-state index in [0.717, 1.165) is 11.1 Å². The Hall–Kier alpha value is -1.93. The van der Waals surface area contributed by atoms with Crippen LogP contribution in [0.15, 0.2) is 48.5 Å². The number of Topliss-reactive ketones (excluding diaryl/α,β-unsaturated/α-hetero) is 2. The molecule has 0 aliphatic rings. The van der Waals surface area contributed by atoms with E-state index in [4.69, 9.17) is 11.6 Å². The number of carbonyl (C=O) groups excluding carboxylic acids is 2. The fourth-order valence-corrected chi connectivity index (χ4v) is 1.81. The third-order valence-electron chi connectivity index (χ3n) is 2.62. The van der Waals surface area contributed by atoms with Crippen molar-refractivity contribution in [3.05, 3.63) is 59.1 Å². The van der Waals surface area contributed by atoms with Gasteiger partial charge in [-0.2, -0.15) is 0 Å². The minimum absolute atomic E-state index is 0.412. The average Bonchev–Trinajstić information content (AvgIpc) is 2.38. The van der Waals surface area contributed by atoms with Gasteiger partial charge in [0, 0.05) is 17.5 Å². The highest BCUT2D eigenvalue weighted by atomic mass is 35.5. The van der Waals surface area contributed by atoms with Gasteiger partial charge in [0.05, 0.1) is 0 Å². The first kappa shape index (κ1) is 12.5. The van der Waals surface area contributed by atoms with Crippen molar-refractivity contribution in [1.29, 1.82) is 0 Å². The Balaban J connectivity index is 2.41. The van der Waals surface area contributed by atoms with Crippen LogP contribution in [-0.4, -0.2) is 11.6 Å². The molecule has 2 aromatic rings. The summed E-state index contributed by atoms with van der Waals surface area (Å²) in [6, 6.07) is 14.3. The Morgan fingerprint density at radius 3 is 2.22 bits per heavy atom. The first-order valence-corrected chi connectivity index (χ1v) is 5.87. The van der Waals surface area contributed by atoms with Crippen LogP contribution in [-0.2, 0) is 4.79 Å². The van der Waals surface area contributed by atoms with Crippen LogP contribution >= 0.6 is 11.6 Å². The molecule has 2 nitrogen and oxygen atoms in total. The van der Waals surface area contributed by atoms with E-state index in [1.807, 2.05) is 18.2 Å². The fourth-order valence-electron chi connectivity index (χ4n) is 1.69. The standard InChI is InChI=1S/C15H11ClO2/c1-10(17)15(18)13-4-2-3-12(9-13)11-5-7-14(16)8-6-11/h2-9H,1H3. The molecule has 0 spiro atoms. The van der Waals surface area contributed by atoms with Crippen molar-refractivity contribution in [2.75, 3.05) is 0 Å². The molecular weight excluding hydrogens is 248 g/mol. The van der Waals surface area contributed by atoms with E-state index in [1.165, 1.54) is 6.92 Å². The maximum Gasteiger partial charge on any atom is 0.228 e. The van der Waals surface area contributed by atoms with Crippen LogP contribution < -0.4 is 0 Å². The summed E-state index contributed by atoms with van der Waals surface area (Å²) in [5.41, 5.74) is 2.26. The minimum atomic E-state index is -0.467. The van der Waals surface area contributed by atoms with Gasteiger partial charge in [0.25, 0.3) is 0 Å². The Labute approximate surface area is 110 Å². The molecule has 3 heteroatoms. The van der Waals surface area contributed by atoms with Crippen LogP contribution in [0, 0.1) is 0 Å². The molecule has 0 radical (unpaired) electrons. The van der Waals surface area contributed by atoms with E-state index in [9.17, 15) is 9.59 Å². The Kier molecular flexibility index (Phi) is 3.58. The number of hydrogen-bond donors (Lipinski definition) is 0. The Morgan fingerprint density at radius 2 is 1.61 bits per heavy atom. The van der Waals surface area contributed by atoms with Gasteiger partial charge >= 0.3 is 0 Å². The van der Waals surface area contributed by atoms with Gasteiger partial charge in [-0.3, -0.25) is 9.59 Å². The lowest BCUT2D eigenvalue weighted by Gasteiger charge is -2.04. The molecule has 0 aliphatic heterocycles. The van der Waals surface area contributed by atoms with Gasteiger partial charge in [-0.1, -0.05) is 41.9 Å². The summed E-state index contributed by atoms with van der Waals surface area (Å²) in [6.07, 6.45) is 0. The van der Waals surface area contributed by atoms with E-state index in [1.54, 1.807) is 30.3 Å². The van der Waals surface area contributed by atoms with Gasteiger partial charge in [-0.15, -0.1) is 0 Å². The third-order valence-corrected chi connectivity index (χ3v) is 2.87. The first-order valence-electron chi connectivity index (χ1n) is 5.49. The van der Waals surface area contributed by atoms with Crippen LogP contribution in [0.2, 0.25) is 5.02 Å². The second-order valence-corrected chi connectivity index (χ2v) is 4.41. The molecule has 2 rings (SSSR count). The average molecular weight is 259 g/mol. The normalized spacial score (nSPS) is 10.1. The smallest absolute Gasteiger partial charge is 0.228 e. The number of ketones is 2. The summed E-state index contributed by atoms with van der Waals surface area (Å²) in [6.45, 7) is 1.28. The van der Waals surface area contributed by atoms with E-state index in [-0.39, 0.29) is 0 Å². The summed E-state index contributed by atoms with van der Waals surface area (Å²) in [5, 5.41) is 0.662. The lowest BCUT2D eigenvalue weighted by Crippen LogP contribution is -2.09. The molecule has 18 heavy (non-hydrogen) atoms. The molecule has 2 aromatic carbocycles. The van der Waals surface area contributed by atoms with Crippen LogP contribution in [0.3, 0.4) is 0 Å². The maximum atomic E-state index is 11.6. The van der Waals surface area contributed by atoms with Gasteiger partial charge in [-0.25, -0.2) is 0 Å². The van der Waals surface area contributed by atoms with Crippen molar-refractivity contribution in [2.24, 2.45) is 0 Å². The highest BCUT2D eigenvalue weighted by molar-refractivity contribution is 6.43. The molecule has 0 N–H and O–H groups in total. The topological polar surface area (TPSA) is 34.1 Å².